The quantitative estimate of drug-likeness (QED) is 0.556. The van der Waals surface area contributed by atoms with Crippen LogP contribution in [0, 0.1) is 0 Å². The third kappa shape index (κ3) is 9.52. The minimum Gasteiger partial charge on any atom is -0.355 e. The van der Waals surface area contributed by atoms with Gasteiger partial charge in [0.05, 0.1) is 0 Å². The average Bonchev–Trinajstić information content (AvgIpc) is 2.19. The molecular formula is C11H24N2O. The molecule has 0 radical (unpaired) electrons. The van der Waals surface area contributed by atoms with E-state index in [1.807, 2.05) is 0 Å². The van der Waals surface area contributed by atoms with Crippen molar-refractivity contribution in [2.75, 3.05) is 19.6 Å². The van der Waals surface area contributed by atoms with Gasteiger partial charge in [-0.15, -0.1) is 0 Å². The Morgan fingerprint density at radius 2 is 1.86 bits per heavy atom. The first-order valence-corrected chi connectivity index (χ1v) is 5.78. The molecule has 84 valence electrons. The van der Waals surface area contributed by atoms with E-state index in [9.17, 15) is 4.79 Å². The van der Waals surface area contributed by atoms with E-state index in [0.29, 0.717) is 6.42 Å². The van der Waals surface area contributed by atoms with Crippen LogP contribution in [-0.4, -0.2) is 25.5 Å². The van der Waals surface area contributed by atoms with Gasteiger partial charge in [-0.3, -0.25) is 4.79 Å². The Balaban J connectivity index is 3.11. The van der Waals surface area contributed by atoms with E-state index in [1.54, 1.807) is 0 Å². The maximum Gasteiger partial charge on any atom is 0.220 e. The normalized spacial score (nSPS) is 10.1. The number of hydrogen-bond acceptors (Lipinski definition) is 2. The van der Waals surface area contributed by atoms with Crippen LogP contribution in [0.25, 0.3) is 0 Å². The summed E-state index contributed by atoms with van der Waals surface area (Å²) in [7, 11) is 0. The van der Waals surface area contributed by atoms with E-state index >= 15 is 0 Å². The van der Waals surface area contributed by atoms with Gasteiger partial charge in [0.1, 0.15) is 0 Å². The first-order valence-electron chi connectivity index (χ1n) is 5.78. The Hall–Kier alpha value is -0.570. The molecule has 0 atom stereocenters. The first-order chi connectivity index (χ1) is 6.81. The minimum atomic E-state index is 0.194. The van der Waals surface area contributed by atoms with Crippen molar-refractivity contribution in [1.82, 2.24) is 10.6 Å². The number of carbonyl (C=O) groups excluding carboxylic acids is 1. The van der Waals surface area contributed by atoms with Crippen LogP contribution in [0.2, 0.25) is 0 Å². The average molecular weight is 200 g/mol. The molecule has 0 aromatic heterocycles. The van der Waals surface area contributed by atoms with Gasteiger partial charge in [0, 0.05) is 19.5 Å². The molecule has 14 heavy (non-hydrogen) atoms. The van der Waals surface area contributed by atoms with Gasteiger partial charge in [-0.25, -0.2) is 0 Å². The van der Waals surface area contributed by atoms with Crippen molar-refractivity contribution in [3.8, 4) is 0 Å². The number of carbonyl (C=O) groups is 1. The van der Waals surface area contributed by atoms with E-state index in [2.05, 4.69) is 24.5 Å². The standard InChI is InChI=1S/C11H24N2O/c1-3-5-6-7-8-11(14)13-10-9-12-4-2/h12H,3-10H2,1-2H3,(H,13,14). The molecule has 0 saturated carbocycles. The predicted molar refractivity (Wildman–Crippen MR) is 60.3 cm³/mol. The number of likely N-dealkylation sites (N-methyl/N-ethyl adjacent to an activating group) is 1. The molecule has 0 aliphatic heterocycles. The van der Waals surface area contributed by atoms with Crippen molar-refractivity contribution in [2.45, 2.75) is 46.0 Å². The molecule has 0 heterocycles. The topological polar surface area (TPSA) is 41.1 Å². The van der Waals surface area contributed by atoms with Crippen molar-refractivity contribution in [1.29, 1.82) is 0 Å². The van der Waals surface area contributed by atoms with Crippen molar-refractivity contribution in [2.24, 2.45) is 0 Å². The molecule has 3 nitrogen and oxygen atoms in total. The second kappa shape index (κ2) is 10.5. The molecule has 0 rings (SSSR count). The molecule has 0 aromatic rings. The Morgan fingerprint density at radius 1 is 1.07 bits per heavy atom. The van der Waals surface area contributed by atoms with Crippen LogP contribution in [0.5, 0.6) is 0 Å². The summed E-state index contributed by atoms with van der Waals surface area (Å²) < 4.78 is 0. The lowest BCUT2D eigenvalue weighted by molar-refractivity contribution is -0.121. The zero-order chi connectivity index (χ0) is 10.6. The van der Waals surface area contributed by atoms with Crippen molar-refractivity contribution in [3.63, 3.8) is 0 Å². The summed E-state index contributed by atoms with van der Waals surface area (Å²) in [4.78, 5) is 11.2. The van der Waals surface area contributed by atoms with E-state index in [0.717, 1.165) is 26.1 Å². The van der Waals surface area contributed by atoms with Crippen molar-refractivity contribution in [3.05, 3.63) is 0 Å². The third-order valence-corrected chi connectivity index (χ3v) is 2.13. The van der Waals surface area contributed by atoms with Crippen molar-refractivity contribution < 1.29 is 4.79 Å². The number of unbranched alkanes of at least 4 members (excludes halogenated alkanes) is 3. The largest absolute Gasteiger partial charge is 0.355 e. The van der Waals surface area contributed by atoms with Crippen LogP contribution in [0.3, 0.4) is 0 Å². The summed E-state index contributed by atoms with van der Waals surface area (Å²) >= 11 is 0. The number of rotatable bonds is 9. The summed E-state index contributed by atoms with van der Waals surface area (Å²) in [6.45, 7) is 6.83. The Kier molecular flexibility index (Phi) is 10.1. The highest BCUT2D eigenvalue weighted by molar-refractivity contribution is 5.75. The summed E-state index contributed by atoms with van der Waals surface area (Å²) in [6.07, 6.45) is 5.36. The predicted octanol–water partition coefficient (Wildman–Crippen LogP) is 1.68. The number of hydrogen-bond donors (Lipinski definition) is 2. The SMILES string of the molecule is CCCCCCC(=O)NCCNCC. The van der Waals surface area contributed by atoms with E-state index < -0.39 is 0 Å². The van der Waals surface area contributed by atoms with Crippen LogP contribution < -0.4 is 10.6 Å². The highest BCUT2D eigenvalue weighted by atomic mass is 16.1. The maximum absolute atomic E-state index is 11.2. The van der Waals surface area contributed by atoms with E-state index in [1.165, 1.54) is 19.3 Å². The van der Waals surface area contributed by atoms with E-state index in [-0.39, 0.29) is 5.91 Å². The molecular weight excluding hydrogens is 176 g/mol. The van der Waals surface area contributed by atoms with Gasteiger partial charge < -0.3 is 10.6 Å². The lowest BCUT2D eigenvalue weighted by Gasteiger charge is -2.04. The third-order valence-electron chi connectivity index (χ3n) is 2.13. The zero-order valence-corrected chi connectivity index (χ0v) is 9.57. The van der Waals surface area contributed by atoms with Gasteiger partial charge in [0.2, 0.25) is 5.91 Å². The Bertz CT molecular complexity index is 123. The van der Waals surface area contributed by atoms with Crippen LogP contribution in [0.4, 0.5) is 0 Å². The fourth-order valence-electron chi connectivity index (χ4n) is 1.27. The summed E-state index contributed by atoms with van der Waals surface area (Å²) in [6, 6.07) is 0. The molecule has 0 aliphatic rings. The molecule has 0 unspecified atom stereocenters. The van der Waals surface area contributed by atoms with Gasteiger partial charge in [-0.1, -0.05) is 33.1 Å². The fraction of sp³-hybridized carbons (Fsp3) is 0.909. The van der Waals surface area contributed by atoms with Gasteiger partial charge in [-0.2, -0.15) is 0 Å². The molecule has 1 amide bonds. The number of nitrogens with one attached hydrogen (secondary N) is 2. The molecule has 0 aliphatic carbocycles. The highest BCUT2D eigenvalue weighted by Crippen LogP contribution is 2.01. The Labute approximate surface area is 87.6 Å². The summed E-state index contributed by atoms with van der Waals surface area (Å²) in [5.74, 6) is 0.194. The van der Waals surface area contributed by atoms with E-state index in [4.69, 9.17) is 0 Å². The second-order valence-corrected chi connectivity index (χ2v) is 3.51. The monoisotopic (exact) mass is 200 g/mol. The van der Waals surface area contributed by atoms with Gasteiger partial charge in [0.15, 0.2) is 0 Å². The summed E-state index contributed by atoms with van der Waals surface area (Å²) in [5, 5.41) is 6.06. The highest BCUT2D eigenvalue weighted by Gasteiger charge is 1.98. The van der Waals surface area contributed by atoms with Crippen molar-refractivity contribution >= 4 is 5.91 Å². The summed E-state index contributed by atoms with van der Waals surface area (Å²) in [5.41, 5.74) is 0. The molecule has 0 saturated heterocycles. The van der Waals surface area contributed by atoms with Crippen LogP contribution in [0.1, 0.15) is 46.0 Å². The van der Waals surface area contributed by atoms with Gasteiger partial charge in [0.25, 0.3) is 0 Å². The van der Waals surface area contributed by atoms with Gasteiger partial charge >= 0.3 is 0 Å². The fourth-order valence-corrected chi connectivity index (χ4v) is 1.27. The zero-order valence-electron chi connectivity index (χ0n) is 9.57. The molecule has 0 aromatic carbocycles. The molecule has 0 fully saturated rings. The number of amides is 1. The minimum absolute atomic E-state index is 0.194. The second-order valence-electron chi connectivity index (χ2n) is 3.51. The van der Waals surface area contributed by atoms with Gasteiger partial charge in [-0.05, 0) is 13.0 Å². The molecule has 3 heteroatoms. The van der Waals surface area contributed by atoms with Crippen LogP contribution in [0.15, 0.2) is 0 Å². The molecule has 2 N–H and O–H groups in total. The first kappa shape index (κ1) is 13.4. The Morgan fingerprint density at radius 3 is 2.50 bits per heavy atom. The lowest BCUT2D eigenvalue weighted by atomic mass is 10.1. The van der Waals surface area contributed by atoms with Crippen LogP contribution in [-0.2, 0) is 4.79 Å². The smallest absolute Gasteiger partial charge is 0.220 e. The lowest BCUT2D eigenvalue weighted by Crippen LogP contribution is -2.31. The maximum atomic E-state index is 11.2. The molecule has 0 bridgehead atoms. The molecule has 0 spiro atoms. The van der Waals surface area contributed by atoms with Crippen LogP contribution >= 0.6 is 0 Å².